The number of rotatable bonds is 2. The van der Waals surface area contributed by atoms with Crippen LogP contribution in [-0.4, -0.2) is 12.1 Å². The van der Waals surface area contributed by atoms with Gasteiger partial charge in [-0.2, -0.15) is 0 Å². The molecule has 0 aliphatic heterocycles. The minimum absolute atomic E-state index is 0.197. The number of carbonyl (C=O) groups excluding carboxylic acids is 1. The summed E-state index contributed by atoms with van der Waals surface area (Å²) in [6, 6.07) is 7.57. The van der Waals surface area contributed by atoms with Gasteiger partial charge >= 0.3 is 5.97 Å². The zero-order valence-electron chi connectivity index (χ0n) is 16.2. The van der Waals surface area contributed by atoms with Crippen molar-refractivity contribution in [2.45, 2.75) is 66.4 Å². The van der Waals surface area contributed by atoms with Gasteiger partial charge in [-0.3, -0.25) is 0 Å². The molecular weight excluding hydrogens is 308 g/mol. The van der Waals surface area contributed by atoms with Crippen LogP contribution >= 0.6 is 0 Å². The van der Waals surface area contributed by atoms with E-state index in [9.17, 15) is 4.79 Å². The van der Waals surface area contributed by atoms with Crippen LogP contribution in [0.1, 0.15) is 69.3 Å². The van der Waals surface area contributed by atoms with Crippen LogP contribution in [0.2, 0.25) is 0 Å². The lowest BCUT2D eigenvalue weighted by Crippen LogP contribution is -2.22. The van der Waals surface area contributed by atoms with E-state index in [1.165, 1.54) is 22.3 Å². The molecule has 0 bridgehead atoms. The fourth-order valence-corrected chi connectivity index (χ4v) is 3.09. The first kappa shape index (κ1) is 19.2. The Bertz CT molecular complexity index is 698. The number of hydrogen-bond acceptors (Lipinski definition) is 2. The first-order chi connectivity index (χ1) is 11.9. The van der Waals surface area contributed by atoms with E-state index in [-0.39, 0.29) is 12.1 Å². The number of aryl methyl sites for hydroxylation is 1. The van der Waals surface area contributed by atoms with Gasteiger partial charge in [-0.1, -0.05) is 46.6 Å². The maximum absolute atomic E-state index is 12.6. The van der Waals surface area contributed by atoms with Crippen molar-refractivity contribution in [3.63, 3.8) is 0 Å². The molecule has 0 radical (unpaired) electrons. The van der Waals surface area contributed by atoms with E-state index in [0.717, 1.165) is 31.2 Å². The molecule has 1 aromatic carbocycles. The normalized spacial score (nSPS) is 23.1. The zero-order chi connectivity index (χ0) is 18.4. The number of esters is 1. The van der Waals surface area contributed by atoms with E-state index in [4.69, 9.17) is 4.74 Å². The van der Waals surface area contributed by atoms with Gasteiger partial charge in [0, 0.05) is 6.42 Å². The topological polar surface area (TPSA) is 26.3 Å². The Morgan fingerprint density at radius 2 is 1.68 bits per heavy atom. The first-order valence-corrected chi connectivity index (χ1v) is 9.12. The summed E-state index contributed by atoms with van der Waals surface area (Å²) in [5.74, 6) is -0.241. The summed E-state index contributed by atoms with van der Waals surface area (Å²) in [5.41, 5.74) is 6.89. The van der Waals surface area contributed by atoms with Crippen LogP contribution in [0.5, 0.6) is 0 Å². The molecule has 0 heterocycles. The summed E-state index contributed by atoms with van der Waals surface area (Å²) in [6.07, 6.45) is 8.13. The molecule has 0 saturated heterocycles. The highest BCUT2D eigenvalue weighted by atomic mass is 16.5. The van der Waals surface area contributed by atoms with E-state index >= 15 is 0 Å². The van der Waals surface area contributed by atoms with Crippen molar-refractivity contribution in [1.29, 1.82) is 0 Å². The van der Waals surface area contributed by atoms with Crippen molar-refractivity contribution < 1.29 is 9.53 Å². The summed E-state index contributed by atoms with van der Waals surface area (Å²) in [6.45, 7) is 10.5. The van der Waals surface area contributed by atoms with Gasteiger partial charge in [0.1, 0.15) is 6.10 Å². The summed E-state index contributed by atoms with van der Waals surface area (Å²) in [7, 11) is 0. The lowest BCUT2D eigenvalue weighted by Gasteiger charge is -2.23. The third kappa shape index (κ3) is 5.74. The van der Waals surface area contributed by atoms with Gasteiger partial charge in [-0.05, 0) is 71.6 Å². The molecule has 1 aliphatic carbocycles. The molecule has 134 valence electrons. The fourth-order valence-electron chi connectivity index (χ4n) is 3.09. The molecule has 2 heteroatoms. The van der Waals surface area contributed by atoms with Gasteiger partial charge in [0.05, 0.1) is 5.56 Å². The molecule has 1 aliphatic rings. The third-order valence-electron chi connectivity index (χ3n) is 4.78. The van der Waals surface area contributed by atoms with E-state index in [1.807, 2.05) is 31.2 Å². The molecular formula is C23H30O2. The molecule has 1 atom stereocenters. The van der Waals surface area contributed by atoms with E-state index < -0.39 is 0 Å². The van der Waals surface area contributed by atoms with Crippen LogP contribution in [0, 0.1) is 6.92 Å². The molecule has 0 fully saturated rings. The van der Waals surface area contributed by atoms with Crippen LogP contribution in [0.3, 0.4) is 0 Å². The molecule has 25 heavy (non-hydrogen) atoms. The first-order valence-electron chi connectivity index (χ1n) is 9.12. The van der Waals surface area contributed by atoms with Crippen molar-refractivity contribution >= 4 is 5.97 Å². The molecule has 0 amide bonds. The van der Waals surface area contributed by atoms with Gasteiger partial charge in [-0.25, -0.2) is 4.79 Å². The predicted molar refractivity (Wildman–Crippen MR) is 105 cm³/mol. The van der Waals surface area contributed by atoms with Crippen molar-refractivity contribution in [3.05, 3.63) is 69.8 Å². The summed E-state index contributed by atoms with van der Waals surface area (Å²) < 4.78 is 5.96. The fraction of sp³-hybridized carbons (Fsp3) is 0.435. The van der Waals surface area contributed by atoms with Gasteiger partial charge in [-0.15, -0.1) is 0 Å². The number of benzene rings is 1. The smallest absolute Gasteiger partial charge is 0.338 e. The monoisotopic (exact) mass is 338 g/mol. The van der Waals surface area contributed by atoms with E-state index in [1.54, 1.807) is 0 Å². The molecule has 2 nitrogen and oxygen atoms in total. The van der Waals surface area contributed by atoms with Crippen LogP contribution < -0.4 is 0 Å². The standard InChI is InChI=1S/C23H30O2/c1-16(2)21-14-11-17(3)7-6-8-19(5)15-22(21)25-23(24)20-12-9-18(4)10-13-20/h8-13,22H,6-7,14-15H2,1-5H3/b17-11+,19-8+. The quantitative estimate of drug-likeness (QED) is 0.465. The third-order valence-corrected chi connectivity index (χ3v) is 4.78. The average Bonchev–Trinajstić information content (AvgIpc) is 2.54. The zero-order valence-corrected chi connectivity index (χ0v) is 16.2. The van der Waals surface area contributed by atoms with E-state index in [2.05, 4.69) is 39.8 Å². The van der Waals surface area contributed by atoms with Gasteiger partial charge in [0.2, 0.25) is 0 Å². The number of allylic oxidation sites excluding steroid dienone is 4. The van der Waals surface area contributed by atoms with Crippen molar-refractivity contribution in [3.8, 4) is 0 Å². The molecule has 0 spiro atoms. The predicted octanol–water partition coefficient (Wildman–Crippen LogP) is 6.32. The number of ether oxygens (including phenoxy) is 1. The second-order valence-electron chi connectivity index (χ2n) is 7.33. The van der Waals surface area contributed by atoms with Gasteiger partial charge < -0.3 is 4.74 Å². The Kier molecular flexibility index (Phi) is 6.81. The molecule has 1 unspecified atom stereocenters. The van der Waals surface area contributed by atoms with Crippen molar-refractivity contribution in [2.24, 2.45) is 0 Å². The number of hydrogen-bond donors (Lipinski definition) is 0. The van der Waals surface area contributed by atoms with E-state index in [0.29, 0.717) is 5.56 Å². The Morgan fingerprint density at radius 1 is 1.00 bits per heavy atom. The number of carbonyl (C=O) groups is 1. The highest BCUT2D eigenvalue weighted by Gasteiger charge is 2.21. The maximum atomic E-state index is 12.6. The lowest BCUT2D eigenvalue weighted by atomic mass is 9.92. The largest absolute Gasteiger partial charge is 0.454 e. The summed E-state index contributed by atoms with van der Waals surface area (Å²) in [4.78, 5) is 12.6. The second-order valence-corrected chi connectivity index (χ2v) is 7.33. The molecule has 1 aromatic rings. The minimum atomic E-state index is -0.241. The highest BCUT2D eigenvalue weighted by molar-refractivity contribution is 5.89. The highest BCUT2D eigenvalue weighted by Crippen LogP contribution is 2.26. The van der Waals surface area contributed by atoms with Gasteiger partial charge in [0.25, 0.3) is 0 Å². The Hall–Kier alpha value is -2.09. The minimum Gasteiger partial charge on any atom is -0.454 e. The Labute approximate surface area is 152 Å². The van der Waals surface area contributed by atoms with Crippen molar-refractivity contribution in [1.82, 2.24) is 0 Å². The van der Waals surface area contributed by atoms with Crippen molar-refractivity contribution in [2.75, 3.05) is 0 Å². The van der Waals surface area contributed by atoms with Gasteiger partial charge in [0.15, 0.2) is 0 Å². The van der Waals surface area contributed by atoms with Crippen LogP contribution in [0.25, 0.3) is 0 Å². The van der Waals surface area contributed by atoms with Crippen LogP contribution in [0.15, 0.2) is 58.7 Å². The lowest BCUT2D eigenvalue weighted by molar-refractivity contribution is 0.0370. The average molecular weight is 338 g/mol. The molecule has 2 rings (SSSR count). The Balaban J connectivity index is 2.28. The SMILES string of the molecule is CC(C)=C1C/C=C(\C)CC/C=C(\C)CC1OC(=O)c1ccc(C)cc1. The summed E-state index contributed by atoms with van der Waals surface area (Å²) >= 11 is 0. The second kappa shape index (κ2) is 8.84. The molecule has 0 N–H and O–H groups in total. The Morgan fingerprint density at radius 3 is 2.32 bits per heavy atom. The van der Waals surface area contributed by atoms with Crippen LogP contribution in [-0.2, 0) is 4.74 Å². The maximum Gasteiger partial charge on any atom is 0.338 e. The van der Waals surface area contributed by atoms with Crippen LogP contribution in [0.4, 0.5) is 0 Å². The summed E-state index contributed by atoms with van der Waals surface area (Å²) in [5, 5.41) is 0. The molecule has 0 aromatic heterocycles. The molecule has 0 saturated carbocycles.